The molecule has 0 bridgehead atoms. The van der Waals surface area contributed by atoms with E-state index >= 15 is 0 Å². The summed E-state index contributed by atoms with van der Waals surface area (Å²) in [6.07, 6.45) is 4.00. The van der Waals surface area contributed by atoms with Gasteiger partial charge in [-0.05, 0) is 45.9 Å². The maximum atomic E-state index is 5.34. The molecular formula is C13H27N3O. The van der Waals surface area contributed by atoms with E-state index in [2.05, 4.69) is 22.2 Å². The molecule has 0 saturated carbocycles. The molecule has 2 fully saturated rings. The summed E-state index contributed by atoms with van der Waals surface area (Å²) in [5.41, 5.74) is 0. The third-order valence-corrected chi connectivity index (χ3v) is 3.98. The zero-order valence-corrected chi connectivity index (χ0v) is 11.2. The van der Waals surface area contributed by atoms with Crippen molar-refractivity contribution in [3.63, 3.8) is 0 Å². The van der Waals surface area contributed by atoms with E-state index in [0.717, 1.165) is 38.9 Å². The molecule has 2 saturated heterocycles. The van der Waals surface area contributed by atoms with Gasteiger partial charge in [0.25, 0.3) is 0 Å². The molecule has 100 valence electrons. The van der Waals surface area contributed by atoms with Gasteiger partial charge in [-0.3, -0.25) is 4.90 Å². The van der Waals surface area contributed by atoms with Gasteiger partial charge < -0.3 is 15.0 Å². The summed E-state index contributed by atoms with van der Waals surface area (Å²) in [6.45, 7) is 8.88. The van der Waals surface area contributed by atoms with Gasteiger partial charge in [-0.25, -0.2) is 0 Å². The predicted molar refractivity (Wildman–Crippen MR) is 70.4 cm³/mol. The van der Waals surface area contributed by atoms with Crippen LogP contribution in [0.3, 0.4) is 0 Å². The molecule has 1 N–H and O–H groups in total. The largest absolute Gasteiger partial charge is 0.379 e. The Hall–Kier alpha value is -0.160. The van der Waals surface area contributed by atoms with Gasteiger partial charge >= 0.3 is 0 Å². The molecule has 0 amide bonds. The number of likely N-dealkylation sites (N-methyl/N-ethyl adjacent to an activating group) is 1. The van der Waals surface area contributed by atoms with Crippen molar-refractivity contribution in [2.24, 2.45) is 0 Å². The van der Waals surface area contributed by atoms with Gasteiger partial charge in [-0.15, -0.1) is 0 Å². The number of morpholine rings is 1. The van der Waals surface area contributed by atoms with Crippen molar-refractivity contribution in [1.29, 1.82) is 0 Å². The fourth-order valence-corrected chi connectivity index (χ4v) is 2.76. The number of hydrogen-bond acceptors (Lipinski definition) is 4. The van der Waals surface area contributed by atoms with E-state index in [-0.39, 0.29) is 0 Å². The molecule has 2 aliphatic heterocycles. The van der Waals surface area contributed by atoms with E-state index in [9.17, 15) is 0 Å². The van der Waals surface area contributed by atoms with Crippen molar-refractivity contribution in [1.82, 2.24) is 15.1 Å². The molecule has 2 rings (SSSR count). The van der Waals surface area contributed by atoms with Crippen molar-refractivity contribution in [2.75, 3.05) is 59.5 Å². The van der Waals surface area contributed by atoms with Crippen molar-refractivity contribution in [3.8, 4) is 0 Å². The first-order valence-electron chi connectivity index (χ1n) is 7.07. The maximum Gasteiger partial charge on any atom is 0.0594 e. The highest BCUT2D eigenvalue weighted by atomic mass is 16.5. The Labute approximate surface area is 105 Å². The zero-order valence-electron chi connectivity index (χ0n) is 11.2. The van der Waals surface area contributed by atoms with Gasteiger partial charge in [-0.1, -0.05) is 0 Å². The van der Waals surface area contributed by atoms with E-state index in [1.54, 1.807) is 0 Å². The summed E-state index contributed by atoms with van der Waals surface area (Å²) in [6, 6.07) is 0.776. The summed E-state index contributed by atoms with van der Waals surface area (Å²) in [5, 5.41) is 3.60. The summed E-state index contributed by atoms with van der Waals surface area (Å²) in [7, 11) is 2.24. The molecule has 0 aromatic rings. The average molecular weight is 241 g/mol. The Morgan fingerprint density at radius 2 is 2.06 bits per heavy atom. The molecule has 0 radical (unpaired) electrons. The average Bonchev–Trinajstić information content (AvgIpc) is 2.76. The molecule has 1 atom stereocenters. The van der Waals surface area contributed by atoms with Crippen molar-refractivity contribution < 1.29 is 4.74 Å². The second kappa shape index (κ2) is 7.31. The number of likely N-dealkylation sites (tertiary alicyclic amines) is 1. The zero-order chi connectivity index (χ0) is 11.9. The van der Waals surface area contributed by atoms with E-state index in [1.807, 2.05) is 0 Å². The molecule has 0 spiro atoms. The first-order valence-corrected chi connectivity index (χ1v) is 7.07. The topological polar surface area (TPSA) is 27.7 Å². The number of ether oxygens (including phenoxy) is 1. The van der Waals surface area contributed by atoms with Crippen LogP contribution >= 0.6 is 0 Å². The fourth-order valence-electron chi connectivity index (χ4n) is 2.76. The van der Waals surface area contributed by atoms with Crippen LogP contribution < -0.4 is 5.32 Å². The minimum absolute atomic E-state index is 0.776. The Kier molecular flexibility index (Phi) is 5.71. The molecule has 17 heavy (non-hydrogen) atoms. The SMILES string of the molecule is CN1CCCC1CNCCCN1CCOCC1. The highest BCUT2D eigenvalue weighted by Crippen LogP contribution is 2.13. The Morgan fingerprint density at radius 3 is 2.76 bits per heavy atom. The second-order valence-corrected chi connectivity index (χ2v) is 5.29. The lowest BCUT2D eigenvalue weighted by atomic mass is 10.2. The highest BCUT2D eigenvalue weighted by Gasteiger charge is 2.19. The molecule has 2 aliphatic rings. The van der Waals surface area contributed by atoms with Crippen LogP contribution in [-0.4, -0.2) is 75.4 Å². The van der Waals surface area contributed by atoms with Crippen LogP contribution in [0.15, 0.2) is 0 Å². The van der Waals surface area contributed by atoms with Crippen LogP contribution in [-0.2, 0) is 4.74 Å². The van der Waals surface area contributed by atoms with Crippen LogP contribution in [0.5, 0.6) is 0 Å². The maximum absolute atomic E-state index is 5.34. The van der Waals surface area contributed by atoms with Gasteiger partial charge in [0.2, 0.25) is 0 Å². The molecule has 2 heterocycles. The first-order chi connectivity index (χ1) is 8.36. The van der Waals surface area contributed by atoms with E-state index in [0.29, 0.717) is 0 Å². The quantitative estimate of drug-likeness (QED) is 0.681. The van der Waals surface area contributed by atoms with Gasteiger partial charge in [-0.2, -0.15) is 0 Å². The van der Waals surface area contributed by atoms with Crippen LogP contribution in [0.2, 0.25) is 0 Å². The molecule has 0 aliphatic carbocycles. The van der Waals surface area contributed by atoms with Crippen LogP contribution in [0.1, 0.15) is 19.3 Å². The highest BCUT2D eigenvalue weighted by molar-refractivity contribution is 4.78. The minimum Gasteiger partial charge on any atom is -0.379 e. The Morgan fingerprint density at radius 1 is 1.24 bits per heavy atom. The predicted octanol–water partition coefficient (Wildman–Crippen LogP) is 0.393. The summed E-state index contributed by atoms with van der Waals surface area (Å²) in [4.78, 5) is 4.99. The molecular weight excluding hydrogens is 214 g/mol. The normalized spacial score (nSPS) is 27.7. The van der Waals surface area contributed by atoms with Gasteiger partial charge in [0.15, 0.2) is 0 Å². The lowest BCUT2D eigenvalue weighted by Gasteiger charge is -2.26. The number of nitrogens with zero attached hydrogens (tertiary/aromatic N) is 2. The Balaban J connectivity index is 1.45. The van der Waals surface area contributed by atoms with Crippen LogP contribution in [0, 0.1) is 0 Å². The standard InChI is InChI=1S/C13H27N3O/c1-15-6-2-4-13(15)12-14-5-3-7-16-8-10-17-11-9-16/h13-14H,2-12H2,1H3. The van der Waals surface area contributed by atoms with Crippen molar-refractivity contribution >= 4 is 0 Å². The Bertz CT molecular complexity index is 207. The lowest BCUT2D eigenvalue weighted by Crippen LogP contribution is -2.39. The number of rotatable bonds is 6. The third kappa shape index (κ3) is 4.54. The second-order valence-electron chi connectivity index (χ2n) is 5.29. The third-order valence-electron chi connectivity index (χ3n) is 3.98. The van der Waals surface area contributed by atoms with Gasteiger partial charge in [0.1, 0.15) is 0 Å². The van der Waals surface area contributed by atoms with Gasteiger partial charge in [0.05, 0.1) is 13.2 Å². The van der Waals surface area contributed by atoms with E-state index < -0.39 is 0 Å². The van der Waals surface area contributed by atoms with E-state index in [4.69, 9.17) is 4.74 Å². The minimum atomic E-state index is 0.776. The summed E-state index contributed by atoms with van der Waals surface area (Å²) in [5.74, 6) is 0. The monoisotopic (exact) mass is 241 g/mol. The smallest absolute Gasteiger partial charge is 0.0594 e. The van der Waals surface area contributed by atoms with Gasteiger partial charge in [0, 0.05) is 25.7 Å². The number of hydrogen-bond donors (Lipinski definition) is 1. The van der Waals surface area contributed by atoms with E-state index in [1.165, 1.54) is 38.9 Å². The van der Waals surface area contributed by atoms with Crippen molar-refractivity contribution in [2.45, 2.75) is 25.3 Å². The summed E-state index contributed by atoms with van der Waals surface area (Å²) < 4.78 is 5.34. The number of nitrogens with one attached hydrogen (secondary N) is 1. The van der Waals surface area contributed by atoms with Crippen LogP contribution in [0.25, 0.3) is 0 Å². The van der Waals surface area contributed by atoms with Crippen LogP contribution in [0.4, 0.5) is 0 Å². The lowest BCUT2D eigenvalue weighted by molar-refractivity contribution is 0.0374. The molecule has 0 aromatic carbocycles. The van der Waals surface area contributed by atoms with Crippen molar-refractivity contribution in [3.05, 3.63) is 0 Å². The summed E-state index contributed by atoms with van der Waals surface area (Å²) >= 11 is 0. The molecule has 1 unspecified atom stereocenters. The molecule has 0 aromatic heterocycles. The first kappa shape index (κ1) is 13.3. The molecule has 4 nitrogen and oxygen atoms in total. The fraction of sp³-hybridized carbons (Fsp3) is 1.00. The molecule has 4 heteroatoms.